The highest BCUT2D eigenvalue weighted by molar-refractivity contribution is 8.05. The Balaban J connectivity index is 4.57. The SMILES string of the molecule is CNS(=O)(=O)C(C)(C)S. The molecule has 0 aromatic rings. The highest BCUT2D eigenvalue weighted by atomic mass is 32.3. The molecule has 0 aliphatic rings. The predicted molar refractivity (Wildman–Crippen MR) is 41.0 cm³/mol. The minimum Gasteiger partial charge on any atom is -0.217 e. The Labute approximate surface area is 61.3 Å². The summed E-state index contributed by atoms with van der Waals surface area (Å²) in [7, 11) is -1.85. The molecule has 0 fully saturated rings. The van der Waals surface area contributed by atoms with Gasteiger partial charge in [-0.1, -0.05) is 0 Å². The molecule has 0 unspecified atom stereocenters. The zero-order chi connectivity index (χ0) is 7.71. The lowest BCUT2D eigenvalue weighted by molar-refractivity contribution is 0.574. The van der Waals surface area contributed by atoms with Crippen LogP contribution < -0.4 is 4.72 Å². The summed E-state index contributed by atoms with van der Waals surface area (Å²) in [6.07, 6.45) is 0. The standard InChI is InChI=1S/C4H11NO2S2/c1-4(2,8)9(6,7)5-3/h5,8H,1-3H3. The Morgan fingerprint density at radius 1 is 1.44 bits per heavy atom. The second kappa shape index (κ2) is 2.48. The van der Waals surface area contributed by atoms with Gasteiger partial charge in [-0.3, -0.25) is 0 Å². The Hall–Kier alpha value is 0.260. The molecule has 0 aliphatic heterocycles. The van der Waals surface area contributed by atoms with Crippen LogP contribution >= 0.6 is 12.6 Å². The van der Waals surface area contributed by atoms with Gasteiger partial charge in [0.1, 0.15) is 4.08 Å². The first-order chi connectivity index (χ1) is 3.81. The Morgan fingerprint density at radius 2 is 1.78 bits per heavy atom. The van der Waals surface area contributed by atoms with Gasteiger partial charge in [-0.25, -0.2) is 13.1 Å². The fraction of sp³-hybridized carbons (Fsp3) is 1.00. The van der Waals surface area contributed by atoms with E-state index in [0.29, 0.717) is 0 Å². The minimum absolute atomic E-state index is 0.998. The zero-order valence-corrected chi connectivity index (χ0v) is 7.38. The first-order valence-electron chi connectivity index (χ1n) is 2.47. The van der Waals surface area contributed by atoms with E-state index in [4.69, 9.17) is 0 Å². The van der Waals surface area contributed by atoms with Gasteiger partial charge in [0.15, 0.2) is 0 Å². The van der Waals surface area contributed by atoms with Crippen molar-refractivity contribution >= 4 is 22.7 Å². The minimum atomic E-state index is -3.22. The molecular formula is C4H11NO2S2. The molecule has 0 radical (unpaired) electrons. The molecule has 0 aliphatic carbocycles. The normalized spacial score (nSPS) is 13.8. The van der Waals surface area contributed by atoms with E-state index in [2.05, 4.69) is 17.4 Å². The summed E-state index contributed by atoms with van der Waals surface area (Å²) in [4.78, 5) is 0. The van der Waals surface area contributed by atoms with Crippen LogP contribution in [0.15, 0.2) is 0 Å². The highest BCUT2D eigenvalue weighted by Gasteiger charge is 2.27. The summed E-state index contributed by atoms with van der Waals surface area (Å²) < 4.78 is 22.8. The molecule has 56 valence electrons. The van der Waals surface area contributed by atoms with Crippen LogP contribution in [0.4, 0.5) is 0 Å². The number of hydrogen-bond acceptors (Lipinski definition) is 3. The average Bonchev–Trinajstić information content (AvgIpc) is 1.64. The van der Waals surface area contributed by atoms with Gasteiger partial charge in [-0.2, -0.15) is 12.6 Å². The number of thiol groups is 1. The molecule has 0 heterocycles. The summed E-state index contributed by atoms with van der Waals surface area (Å²) in [5, 5.41) is 0. The van der Waals surface area contributed by atoms with E-state index in [0.717, 1.165) is 0 Å². The van der Waals surface area contributed by atoms with Crippen LogP contribution in [0, 0.1) is 0 Å². The van der Waals surface area contributed by atoms with E-state index in [1.165, 1.54) is 20.9 Å². The molecule has 0 atom stereocenters. The van der Waals surface area contributed by atoms with Gasteiger partial charge in [0.2, 0.25) is 10.0 Å². The highest BCUT2D eigenvalue weighted by Crippen LogP contribution is 2.17. The summed E-state index contributed by atoms with van der Waals surface area (Å²) in [5.41, 5.74) is 0. The summed E-state index contributed by atoms with van der Waals surface area (Å²) in [5.74, 6) is 0. The van der Waals surface area contributed by atoms with E-state index in [1.807, 2.05) is 0 Å². The largest absolute Gasteiger partial charge is 0.225 e. The van der Waals surface area contributed by atoms with Crippen LogP contribution in [0.3, 0.4) is 0 Å². The first-order valence-corrected chi connectivity index (χ1v) is 4.40. The van der Waals surface area contributed by atoms with E-state index in [1.54, 1.807) is 0 Å². The van der Waals surface area contributed by atoms with Crippen LogP contribution in [0.1, 0.15) is 13.8 Å². The maximum absolute atomic E-state index is 10.8. The summed E-state index contributed by atoms with van der Waals surface area (Å²) >= 11 is 3.86. The van der Waals surface area contributed by atoms with E-state index >= 15 is 0 Å². The van der Waals surface area contributed by atoms with Crippen molar-refractivity contribution in [2.24, 2.45) is 0 Å². The summed E-state index contributed by atoms with van der Waals surface area (Å²) in [6, 6.07) is 0. The molecule has 0 rings (SSSR count). The number of rotatable bonds is 2. The van der Waals surface area contributed by atoms with Gasteiger partial charge in [-0.05, 0) is 20.9 Å². The van der Waals surface area contributed by atoms with Crippen molar-refractivity contribution in [3.63, 3.8) is 0 Å². The predicted octanol–water partition coefficient (Wildman–Crippen LogP) is 0.202. The van der Waals surface area contributed by atoms with Crippen molar-refractivity contribution in [2.45, 2.75) is 17.9 Å². The second-order valence-electron chi connectivity index (χ2n) is 2.15. The van der Waals surface area contributed by atoms with Gasteiger partial charge in [0, 0.05) is 0 Å². The molecule has 0 saturated carbocycles. The quantitative estimate of drug-likeness (QED) is 0.580. The smallest absolute Gasteiger partial charge is 0.217 e. The first kappa shape index (κ1) is 9.26. The van der Waals surface area contributed by atoms with Gasteiger partial charge >= 0.3 is 0 Å². The van der Waals surface area contributed by atoms with Crippen molar-refractivity contribution in [2.75, 3.05) is 7.05 Å². The van der Waals surface area contributed by atoms with E-state index in [9.17, 15) is 8.42 Å². The fourth-order valence-electron chi connectivity index (χ4n) is 0.250. The van der Waals surface area contributed by atoms with Crippen LogP contribution in [0.2, 0.25) is 0 Å². The van der Waals surface area contributed by atoms with Gasteiger partial charge < -0.3 is 0 Å². The Kier molecular flexibility index (Phi) is 2.55. The van der Waals surface area contributed by atoms with Crippen molar-refractivity contribution in [1.82, 2.24) is 4.72 Å². The van der Waals surface area contributed by atoms with E-state index in [-0.39, 0.29) is 0 Å². The van der Waals surface area contributed by atoms with E-state index < -0.39 is 14.1 Å². The number of sulfonamides is 1. The third-order valence-electron chi connectivity index (χ3n) is 0.926. The topological polar surface area (TPSA) is 46.2 Å². The summed E-state index contributed by atoms with van der Waals surface area (Å²) in [6.45, 7) is 3.03. The van der Waals surface area contributed by atoms with Crippen LogP contribution in [0.25, 0.3) is 0 Å². The maximum atomic E-state index is 10.8. The maximum Gasteiger partial charge on any atom is 0.225 e. The van der Waals surface area contributed by atoms with Gasteiger partial charge in [0.25, 0.3) is 0 Å². The van der Waals surface area contributed by atoms with Crippen molar-refractivity contribution in [3.8, 4) is 0 Å². The number of hydrogen-bond donors (Lipinski definition) is 2. The molecule has 9 heavy (non-hydrogen) atoms. The van der Waals surface area contributed by atoms with Crippen LogP contribution in [-0.2, 0) is 10.0 Å². The second-order valence-corrected chi connectivity index (χ2v) is 6.01. The molecule has 0 saturated heterocycles. The fourth-order valence-corrected chi connectivity index (χ4v) is 1.02. The molecular weight excluding hydrogens is 158 g/mol. The van der Waals surface area contributed by atoms with Crippen LogP contribution in [-0.4, -0.2) is 19.5 Å². The van der Waals surface area contributed by atoms with Crippen molar-refractivity contribution in [3.05, 3.63) is 0 Å². The van der Waals surface area contributed by atoms with Gasteiger partial charge in [0.05, 0.1) is 0 Å². The third-order valence-corrected chi connectivity index (χ3v) is 3.50. The molecule has 0 amide bonds. The molecule has 5 heteroatoms. The molecule has 0 spiro atoms. The Bertz CT molecular complexity index is 177. The van der Waals surface area contributed by atoms with Crippen LogP contribution in [0.5, 0.6) is 0 Å². The molecule has 1 N–H and O–H groups in total. The average molecular weight is 169 g/mol. The lowest BCUT2D eigenvalue weighted by atomic mass is 10.5. The molecule has 0 aromatic carbocycles. The van der Waals surface area contributed by atoms with Gasteiger partial charge in [-0.15, -0.1) is 0 Å². The molecule has 3 nitrogen and oxygen atoms in total. The lowest BCUT2D eigenvalue weighted by Gasteiger charge is -2.16. The zero-order valence-electron chi connectivity index (χ0n) is 5.67. The van der Waals surface area contributed by atoms with Crippen molar-refractivity contribution in [1.29, 1.82) is 0 Å². The molecule has 0 aromatic heterocycles. The Morgan fingerprint density at radius 3 is 1.78 bits per heavy atom. The number of nitrogens with one attached hydrogen (secondary N) is 1. The lowest BCUT2D eigenvalue weighted by Crippen LogP contribution is -2.35. The van der Waals surface area contributed by atoms with Crippen molar-refractivity contribution < 1.29 is 8.42 Å². The third kappa shape index (κ3) is 2.15. The molecule has 0 bridgehead atoms. The monoisotopic (exact) mass is 169 g/mol.